The molecule has 116 valence electrons. The van der Waals surface area contributed by atoms with Gasteiger partial charge in [0.25, 0.3) is 0 Å². The van der Waals surface area contributed by atoms with Crippen molar-refractivity contribution in [2.45, 2.75) is 62.2 Å². The second-order valence-electron chi connectivity index (χ2n) is 6.38. The molecule has 1 aromatic rings. The van der Waals surface area contributed by atoms with Gasteiger partial charge in [0.1, 0.15) is 0 Å². The number of hydrogen-bond acceptors (Lipinski definition) is 3. The molecule has 3 heteroatoms. The van der Waals surface area contributed by atoms with Gasteiger partial charge in [-0.3, -0.25) is 0 Å². The maximum atomic E-state index is 5.76. The molecule has 1 aliphatic heterocycles. The normalized spacial score (nSPS) is 35.7. The topological polar surface area (TPSA) is 21.3 Å². The van der Waals surface area contributed by atoms with Crippen LogP contribution in [0.2, 0.25) is 0 Å². The van der Waals surface area contributed by atoms with Gasteiger partial charge in [-0.15, -0.1) is 0 Å². The van der Waals surface area contributed by atoms with Crippen molar-refractivity contribution in [3.05, 3.63) is 35.4 Å². The van der Waals surface area contributed by atoms with E-state index in [0.29, 0.717) is 28.6 Å². The summed E-state index contributed by atoms with van der Waals surface area (Å²) in [6, 6.07) is 9.48. The number of fused-ring (bicyclic) bond motifs is 1. The lowest BCUT2D eigenvalue weighted by Crippen LogP contribution is -2.37. The van der Waals surface area contributed by atoms with Crippen LogP contribution in [-0.2, 0) is 4.74 Å². The Kier molecular flexibility index (Phi) is 4.92. The number of nitrogens with one attached hydrogen (secondary N) is 1. The minimum atomic E-state index is 0.407. The molecule has 0 bridgehead atoms. The highest BCUT2D eigenvalue weighted by atomic mass is 32.2. The highest BCUT2D eigenvalue weighted by Gasteiger charge is 2.36. The summed E-state index contributed by atoms with van der Waals surface area (Å²) in [7, 11) is 0. The highest BCUT2D eigenvalue weighted by molar-refractivity contribution is 8.00. The summed E-state index contributed by atoms with van der Waals surface area (Å²) in [6.07, 6.45) is 2.88. The number of thioether (sulfide) groups is 1. The van der Waals surface area contributed by atoms with Crippen molar-refractivity contribution >= 4 is 11.8 Å². The number of rotatable bonds is 4. The summed E-state index contributed by atoms with van der Waals surface area (Å²) in [5, 5.41) is 5.06. The van der Waals surface area contributed by atoms with Crippen molar-refractivity contribution in [3.8, 4) is 0 Å². The SMILES string of the molecule is CCNC1c2ccccc2C(C)CC1SC1CCOC1C. The van der Waals surface area contributed by atoms with E-state index in [1.54, 1.807) is 0 Å². The molecule has 5 unspecified atom stereocenters. The average Bonchev–Trinajstić information content (AvgIpc) is 2.89. The molecule has 5 atom stereocenters. The van der Waals surface area contributed by atoms with E-state index < -0.39 is 0 Å². The van der Waals surface area contributed by atoms with Gasteiger partial charge in [-0.1, -0.05) is 38.1 Å². The molecule has 1 N–H and O–H groups in total. The number of benzene rings is 1. The zero-order valence-electron chi connectivity index (χ0n) is 13.3. The lowest BCUT2D eigenvalue weighted by atomic mass is 9.80. The number of hydrogen-bond donors (Lipinski definition) is 1. The molecule has 1 fully saturated rings. The molecule has 0 radical (unpaired) electrons. The van der Waals surface area contributed by atoms with Crippen LogP contribution < -0.4 is 5.32 Å². The van der Waals surface area contributed by atoms with E-state index >= 15 is 0 Å². The van der Waals surface area contributed by atoms with E-state index in [-0.39, 0.29) is 0 Å². The van der Waals surface area contributed by atoms with Crippen LogP contribution in [-0.4, -0.2) is 29.8 Å². The van der Waals surface area contributed by atoms with Crippen LogP contribution in [0.1, 0.15) is 56.7 Å². The van der Waals surface area contributed by atoms with Crippen molar-refractivity contribution < 1.29 is 4.74 Å². The maximum absolute atomic E-state index is 5.76. The summed E-state index contributed by atoms with van der Waals surface area (Å²) in [5.41, 5.74) is 3.05. The van der Waals surface area contributed by atoms with E-state index in [4.69, 9.17) is 4.74 Å². The first-order chi connectivity index (χ1) is 10.2. The third-order valence-electron chi connectivity index (χ3n) is 4.90. The first-order valence-corrected chi connectivity index (χ1v) is 9.24. The van der Waals surface area contributed by atoms with Crippen LogP contribution in [0.15, 0.2) is 24.3 Å². The van der Waals surface area contributed by atoms with Crippen LogP contribution >= 0.6 is 11.8 Å². The van der Waals surface area contributed by atoms with Gasteiger partial charge in [-0.25, -0.2) is 0 Å². The first-order valence-electron chi connectivity index (χ1n) is 8.30. The van der Waals surface area contributed by atoms with Gasteiger partial charge in [-0.2, -0.15) is 11.8 Å². The van der Waals surface area contributed by atoms with E-state index in [2.05, 4.69) is 62.1 Å². The van der Waals surface area contributed by atoms with Gasteiger partial charge in [0.2, 0.25) is 0 Å². The molecule has 0 aromatic heterocycles. The summed E-state index contributed by atoms with van der Waals surface area (Å²) >= 11 is 2.16. The Hall–Kier alpha value is -0.510. The van der Waals surface area contributed by atoms with Gasteiger partial charge >= 0.3 is 0 Å². The third-order valence-corrected chi connectivity index (χ3v) is 6.68. The minimum Gasteiger partial charge on any atom is -0.377 e. The maximum Gasteiger partial charge on any atom is 0.0666 e. The first kappa shape index (κ1) is 15.4. The highest BCUT2D eigenvalue weighted by Crippen LogP contribution is 2.45. The lowest BCUT2D eigenvalue weighted by Gasteiger charge is -2.38. The Labute approximate surface area is 133 Å². The summed E-state index contributed by atoms with van der Waals surface area (Å²) in [4.78, 5) is 0. The van der Waals surface area contributed by atoms with Crippen LogP contribution in [0.4, 0.5) is 0 Å². The second-order valence-corrected chi connectivity index (χ2v) is 7.86. The van der Waals surface area contributed by atoms with Gasteiger partial charge in [-0.05, 0) is 43.4 Å². The molecule has 1 aliphatic carbocycles. The molecule has 0 saturated carbocycles. The Balaban J connectivity index is 1.83. The molecule has 0 amide bonds. The Morgan fingerprint density at radius 3 is 2.62 bits per heavy atom. The fourth-order valence-corrected chi connectivity index (χ4v) is 5.55. The van der Waals surface area contributed by atoms with Gasteiger partial charge in [0, 0.05) is 23.1 Å². The molecule has 21 heavy (non-hydrogen) atoms. The molecule has 3 rings (SSSR count). The zero-order valence-corrected chi connectivity index (χ0v) is 14.2. The van der Waals surface area contributed by atoms with Crippen molar-refractivity contribution in [2.75, 3.05) is 13.2 Å². The Bertz CT molecular complexity index is 478. The molecule has 2 aliphatic rings. The molecule has 1 heterocycles. The van der Waals surface area contributed by atoms with Gasteiger partial charge < -0.3 is 10.1 Å². The predicted molar refractivity (Wildman–Crippen MR) is 91.1 cm³/mol. The fraction of sp³-hybridized carbons (Fsp3) is 0.667. The van der Waals surface area contributed by atoms with E-state index in [1.165, 1.54) is 24.0 Å². The standard InChI is InChI=1S/C18H27NOS/c1-4-19-18-15-8-6-5-7-14(15)12(2)11-17(18)21-16-9-10-20-13(16)3/h5-8,12-13,16-19H,4,9-11H2,1-3H3. The Morgan fingerprint density at radius 2 is 1.95 bits per heavy atom. The van der Waals surface area contributed by atoms with Crippen LogP contribution in [0.25, 0.3) is 0 Å². The summed E-state index contributed by atoms with van der Waals surface area (Å²) in [5.74, 6) is 0.659. The zero-order chi connectivity index (χ0) is 14.8. The second kappa shape index (κ2) is 6.72. The molecule has 0 spiro atoms. The van der Waals surface area contributed by atoms with Crippen LogP contribution in [0.5, 0.6) is 0 Å². The van der Waals surface area contributed by atoms with Gasteiger partial charge in [0.15, 0.2) is 0 Å². The van der Waals surface area contributed by atoms with E-state index in [9.17, 15) is 0 Å². The van der Waals surface area contributed by atoms with Crippen molar-refractivity contribution in [1.29, 1.82) is 0 Å². The molecule has 1 aromatic carbocycles. The van der Waals surface area contributed by atoms with Crippen molar-refractivity contribution in [3.63, 3.8) is 0 Å². The lowest BCUT2D eigenvalue weighted by molar-refractivity contribution is 0.127. The largest absolute Gasteiger partial charge is 0.377 e. The van der Waals surface area contributed by atoms with Crippen LogP contribution in [0.3, 0.4) is 0 Å². The van der Waals surface area contributed by atoms with Crippen LogP contribution in [0, 0.1) is 0 Å². The quantitative estimate of drug-likeness (QED) is 0.904. The summed E-state index contributed by atoms with van der Waals surface area (Å²) in [6.45, 7) is 8.78. The molecule has 2 nitrogen and oxygen atoms in total. The fourth-order valence-electron chi connectivity index (χ4n) is 3.77. The smallest absolute Gasteiger partial charge is 0.0666 e. The van der Waals surface area contributed by atoms with Crippen molar-refractivity contribution in [1.82, 2.24) is 5.32 Å². The molecule has 1 saturated heterocycles. The molecular weight excluding hydrogens is 278 g/mol. The molecular formula is C18H27NOS. The average molecular weight is 305 g/mol. The van der Waals surface area contributed by atoms with E-state index in [1.807, 2.05) is 0 Å². The number of ether oxygens (including phenoxy) is 1. The predicted octanol–water partition coefficient (Wildman–Crippen LogP) is 4.12. The monoisotopic (exact) mass is 305 g/mol. The van der Waals surface area contributed by atoms with Crippen molar-refractivity contribution in [2.24, 2.45) is 0 Å². The summed E-state index contributed by atoms with van der Waals surface area (Å²) < 4.78 is 5.76. The Morgan fingerprint density at radius 1 is 1.19 bits per heavy atom. The third kappa shape index (κ3) is 3.15. The minimum absolute atomic E-state index is 0.407. The van der Waals surface area contributed by atoms with Gasteiger partial charge in [0.05, 0.1) is 6.10 Å². The van der Waals surface area contributed by atoms with E-state index in [0.717, 1.165) is 13.2 Å².